The highest BCUT2D eigenvalue weighted by molar-refractivity contribution is 5.92. The first kappa shape index (κ1) is 12.4. The fraction of sp³-hybridized carbons (Fsp3) is 0.400. The van der Waals surface area contributed by atoms with Crippen molar-refractivity contribution in [3.63, 3.8) is 0 Å². The van der Waals surface area contributed by atoms with Gasteiger partial charge in [-0.15, -0.1) is 0 Å². The molecule has 0 aliphatic rings. The molecule has 0 unspecified atom stereocenters. The number of allylic oxidation sites excluding steroid dienone is 1. The number of carbonyl (C=O) groups is 1. The second kappa shape index (κ2) is 6.88. The lowest BCUT2D eigenvalue weighted by Gasteiger charge is -2.08. The molecular formula is C10H16N2O2. The molecule has 78 valence electrons. The molecule has 0 atom stereocenters. The lowest BCUT2D eigenvalue weighted by Crippen LogP contribution is -2.24. The van der Waals surface area contributed by atoms with Crippen LogP contribution in [0.1, 0.15) is 13.8 Å². The van der Waals surface area contributed by atoms with Crippen molar-refractivity contribution in [2.45, 2.75) is 13.8 Å². The van der Waals surface area contributed by atoms with E-state index in [2.05, 4.69) is 11.9 Å². The van der Waals surface area contributed by atoms with Crippen LogP contribution in [0.2, 0.25) is 0 Å². The Bertz CT molecular complexity index is 257. The predicted octanol–water partition coefficient (Wildman–Crippen LogP) is 1.25. The van der Waals surface area contributed by atoms with Crippen LogP contribution in [0.25, 0.3) is 0 Å². The molecule has 0 aromatic carbocycles. The number of rotatable bonds is 6. The van der Waals surface area contributed by atoms with Crippen LogP contribution >= 0.6 is 0 Å². The van der Waals surface area contributed by atoms with Gasteiger partial charge in [0.2, 0.25) is 0 Å². The normalized spacial score (nSPS) is 10.6. The number of ether oxygens (including phenoxy) is 1. The third kappa shape index (κ3) is 5.13. The molecule has 0 fully saturated rings. The SMILES string of the molecule is C=C(C)CN/C(=C\C=N)C(=O)OCC. The monoisotopic (exact) mass is 196 g/mol. The van der Waals surface area contributed by atoms with Crippen LogP contribution in [0, 0.1) is 5.41 Å². The molecule has 0 saturated heterocycles. The van der Waals surface area contributed by atoms with Gasteiger partial charge in [-0.25, -0.2) is 4.79 Å². The van der Waals surface area contributed by atoms with Crippen molar-refractivity contribution in [3.8, 4) is 0 Å². The second-order valence-electron chi connectivity index (χ2n) is 2.78. The predicted molar refractivity (Wildman–Crippen MR) is 56.3 cm³/mol. The highest BCUT2D eigenvalue weighted by atomic mass is 16.5. The van der Waals surface area contributed by atoms with E-state index in [1.54, 1.807) is 6.92 Å². The van der Waals surface area contributed by atoms with Crippen molar-refractivity contribution in [3.05, 3.63) is 23.9 Å². The lowest BCUT2D eigenvalue weighted by atomic mass is 10.3. The van der Waals surface area contributed by atoms with Crippen LogP contribution in [0.15, 0.2) is 23.9 Å². The van der Waals surface area contributed by atoms with Crippen molar-refractivity contribution in [2.24, 2.45) is 0 Å². The number of hydrogen-bond acceptors (Lipinski definition) is 4. The summed E-state index contributed by atoms with van der Waals surface area (Å²) in [7, 11) is 0. The molecule has 4 heteroatoms. The third-order valence-electron chi connectivity index (χ3n) is 1.33. The summed E-state index contributed by atoms with van der Waals surface area (Å²) < 4.78 is 4.79. The third-order valence-corrected chi connectivity index (χ3v) is 1.33. The Balaban J connectivity index is 4.29. The summed E-state index contributed by atoms with van der Waals surface area (Å²) in [6.07, 6.45) is 2.40. The van der Waals surface area contributed by atoms with Gasteiger partial charge >= 0.3 is 5.97 Å². The molecule has 0 radical (unpaired) electrons. The molecule has 14 heavy (non-hydrogen) atoms. The summed E-state index contributed by atoms with van der Waals surface area (Å²) in [5.41, 5.74) is 1.19. The van der Waals surface area contributed by atoms with Crippen LogP contribution in [0.4, 0.5) is 0 Å². The quantitative estimate of drug-likeness (QED) is 0.291. The summed E-state index contributed by atoms with van der Waals surface area (Å²) >= 11 is 0. The Morgan fingerprint density at radius 1 is 1.64 bits per heavy atom. The van der Waals surface area contributed by atoms with Crippen LogP contribution in [0.5, 0.6) is 0 Å². The summed E-state index contributed by atoms with van der Waals surface area (Å²) in [4.78, 5) is 11.3. The minimum Gasteiger partial charge on any atom is -0.461 e. The molecule has 0 aromatic rings. The molecule has 0 aliphatic carbocycles. The van der Waals surface area contributed by atoms with Gasteiger partial charge < -0.3 is 15.5 Å². The number of hydrogen-bond donors (Lipinski definition) is 2. The maximum absolute atomic E-state index is 11.3. The molecule has 0 aliphatic heterocycles. The van der Waals surface area contributed by atoms with E-state index in [1.807, 2.05) is 6.92 Å². The summed E-state index contributed by atoms with van der Waals surface area (Å²) in [5, 5.41) is 9.71. The van der Waals surface area contributed by atoms with Gasteiger partial charge in [-0.3, -0.25) is 0 Å². The first-order chi connectivity index (χ1) is 6.61. The average molecular weight is 196 g/mol. The zero-order valence-electron chi connectivity index (χ0n) is 8.59. The van der Waals surface area contributed by atoms with Gasteiger partial charge in [0.05, 0.1) is 6.61 Å². The first-order valence-electron chi connectivity index (χ1n) is 4.38. The van der Waals surface area contributed by atoms with Gasteiger partial charge in [-0.2, -0.15) is 0 Å². The van der Waals surface area contributed by atoms with Crippen LogP contribution in [-0.4, -0.2) is 25.3 Å². The molecule has 0 saturated carbocycles. The molecule has 0 spiro atoms. The molecule has 0 bridgehead atoms. The van der Waals surface area contributed by atoms with Gasteiger partial charge in [0.1, 0.15) is 5.70 Å². The largest absolute Gasteiger partial charge is 0.461 e. The molecule has 0 heterocycles. The van der Waals surface area contributed by atoms with E-state index in [-0.39, 0.29) is 5.70 Å². The van der Waals surface area contributed by atoms with Gasteiger partial charge in [0.15, 0.2) is 0 Å². The maximum Gasteiger partial charge on any atom is 0.354 e. The standard InChI is InChI=1S/C10H16N2O2/c1-4-14-10(13)9(5-6-11)12-7-8(2)3/h5-6,11-12H,2,4,7H2,1,3H3/b9-5-,11-6?. The lowest BCUT2D eigenvalue weighted by molar-refractivity contribution is -0.138. The Morgan fingerprint density at radius 2 is 2.29 bits per heavy atom. The van der Waals surface area contributed by atoms with Crippen LogP contribution in [-0.2, 0) is 9.53 Å². The highest BCUT2D eigenvalue weighted by Gasteiger charge is 2.08. The molecular weight excluding hydrogens is 180 g/mol. The molecule has 4 nitrogen and oxygen atoms in total. The summed E-state index contributed by atoms with van der Waals surface area (Å²) in [6, 6.07) is 0. The van der Waals surface area contributed by atoms with Gasteiger partial charge in [-0.05, 0) is 19.9 Å². The topological polar surface area (TPSA) is 62.2 Å². The minimum atomic E-state index is -0.447. The van der Waals surface area contributed by atoms with Crippen molar-refractivity contribution >= 4 is 12.2 Å². The van der Waals surface area contributed by atoms with E-state index in [1.165, 1.54) is 6.08 Å². The Labute approximate surface area is 84.2 Å². The molecule has 0 aromatic heterocycles. The summed E-state index contributed by atoms with van der Waals surface area (Å²) in [5.74, 6) is -0.447. The van der Waals surface area contributed by atoms with E-state index in [0.29, 0.717) is 13.2 Å². The fourth-order valence-electron chi connectivity index (χ4n) is 0.737. The molecule has 0 rings (SSSR count). The van der Waals surface area contributed by atoms with Crippen LogP contribution in [0.3, 0.4) is 0 Å². The van der Waals surface area contributed by atoms with Gasteiger partial charge in [0, 0.05) is 12.8 Å². The van der Waals surface area contributed by atoms with Crippen molar-refractivity contribution in [2.75, 3.05) is 13.2 Å². The van der Waals surface area contributed by atoms with Crippen molar-refractivity contribution in [1.29, 1.82) is 5.41 Å². The first-order valence-corrected chi connectivity index (χ1v) is 4.38. The van der Waals surface area contributed by atoms with Gasteiger partial charge in [0.25, 0.3) is 0 Å². The van der Waals surface area contributed by atoms with E-state index in [0.717, 1.165) is 11.8 Å². The maximum atomic E-state index is 11.3. The fourth-order valence-corrected chi connectivity index (χ4v) is 0.737. The zero-order valence-corrected chi connectivity index (χ0v) is 8.59. The number of carbonyl (C=O) groups excluding carboxylic acids is 1. The smallest absolute Gasteiger partial charge is 0.354 e. The Hall–Kier alpha value is -1.58. The van der Waals surface area contributed by atoms with Crippen molar-refractivity contribution in [1.82, 2.24) is 5.32 Å². The molecule has 2 N–H and O–H groups in total. The Kier molecular flexibility index (Phi) is 6.11. The van der Waals surface area contributed by atoms with E-state index >= 15 is 0 Å². The second-order valence-corrected chi connectivity index (χ2v) is 2.78. The summed E-state index contributed by atoms with van der Waals surface area (Å²) in [6.45, 7) is 8.10. The number of nitrogens with one attached hydrogen (secondary N) is 2. The van der Waals surface area contributed by atoms with E-state index in [4.69, 9.17) is 10.1 Å². The van der Waals surface area contributed by atoms with Crippen molar-refractivity contribution < 1.29 is 9.53 Å². The minimum absolute atomic E-state index is 0.282. The van der Waals surface area contributed by atoms with E-state index in [9.17, 15) is 4.79 Å². The molecule has 0 amide bonds. The Morgan fingerprint density at radius 3 is 2.71 bits per heavy atom. The van der Waals surface area contributed by atoms with E-state index < -0.39 is 5.97 Å². The van der Waals surface area contributed by atoms with Gasteiger partial charge in [-0.1, -0.05) is 12.2 Å². The van der Waals surface area contributed by atoms with Crippen LogP contribution < -0.4 is 5.32 Å². The zero-order chi connectivity index (χ0) is 11.0. The average Bonchev–Trinajstić information content (AvgIpc) is 2.12. The highest BCUT2D eigenvalue weighted by Crippen LogP contribution is 1.94. The number of esters is 1.